The van der Waals surface area contributed by atoms with E-state index in [1.165, 1.54) is 5.56 Å². The van der Waals surface area contributed by atoms with E-state index in [1.54, 1.807) is 0 Å². The van der Waals surface area contributed by atoms with E-state index in [1.807, 2.05) is 12.4 Å². The van der Waals surface area contributed by atoms with Crippen molar-refractivity contribution in [2.45, 2.75) is 38.0 Å². The SMILES string of the molecule is O=C(C1CC=CCC1)N1CCC(c2ccncc2)CC1. The predicted octanol–water partition coefficient (Wildman–Crippen LogP) is 3.14. The first-order chi connectivity index (χ1) is 9.84. The molecule has 3 heteroatoms. The zero-order chi connectivity index (χ0) is 13.8. The molecule has 0 saturated carbocycles. The standard InChI is InChI=1S/C17H22N2O/c20-17(16-4-2-1-3-5-16)19-12-8-15(9-13-19)14-6-10-18-11-7-14/h1-2,6-7,10-11,15-16H,3-5,8-9,12-13H2. The van der Waals surface area contributed by atoms with E-state index >= 15 is 0 Å². The molecule has 3 rings (SSSR count). The number of aromatic nitrogens is 1. The highest BCUT2D eigenvalue weighted by atomic mass is 16.2. The maximum absolute atomic E-state index is 12.5. The number of carbonyl (C=O) groups is 1. The summed E-state index contributed by atoms with van der Waals surface area (Å²) >= 11 is 0. The molecule has 1 aliphatic carbocycles. The van der Waals surface area contributed by atoms with E-state index in [2.05, 4.69) is 34.2 Å². The maximum Gasteiger partial charge on any atom is 0.226 e. The van der Waals surface area contributed by atoms with Crippen LogP contribution in [0.15, 0.2) is 36.7 Å². The molecule has 1 saturated heterocycles. The lowest BCUT2D eigenvalue weighted by Crippen LogP contribution is -2.41. The third-order valence-corrected chi connectivity index (χ3v) is 4.60. The summed E-state index contributed by atoms with van der Waals surface area (Å²) in [5, 5.41) is 0. The first-order valence-electron chi connectivity index (χ1n) is 7.68. The second-order valence-electron chi connectivity index (χ2n) is 5.86. The highest BCUT2D eigenvalue weighted by Gasteiger charge is 2.28. The second-order valence-corrected chi connectivity index (χ2v) is 5.86. The molecule has 1 atom stereocenters. The molecule has 2 aliphatic rings. The fourth-order valence-electron chi connectivity index (χ4n) is 3.34. The Labute approximate surface area is 120 Å². The van der Waals surface area contributed by atoms with Crippen molar-refractivity contribution in [3.05, 3.63) is 42.2 Å². The largest absolute Gasteiger partial charge is 0.342 e. The van der Waals surface area contributed by atoms with Gasteiger partial charge in [0.25, 0.3) is 0 Å². The molecule has 1 amide bonds. The van der Waals surface area contributed by atoms with Crippen LogP contribution in [0.1, 0.15) is 43.6 Å². The van der Waals surface area contributed by atoms with Crippen LogP contribution in [-0.4, -0.2) is 28.9 Å². The molecular formula is C17H22N2O. The van der Waals surface area contributed by atoms with Gasteiger partial charge in [-0.05, 0) is 55.7 Å². The lowest BCUT2D eigenvalue weighted by atomic mass is 9.88. The Bertz CT molecular complexity index is 475. The molecule has 1 aliphatic heterocycles. The van der Waals surface area contributed by atoms with Crippen LogP contribution in [-0.2, 0) is 4.79 Å². The van der Waals surface area contributed by atoms with E-state index in [0.29, 0.717) is 11.8 Å². The molecule has 20 heavy (non-hydrogen) atoms. The Morgan fingerprint density at radius 2 is 1.85 bits per heavy atom. The number of hydrogen-bond donors (Lipinski definition) is 0. The van der Waals surface area contributed by atoms with Gasteiger partial charge < -0.3 is 4.90 Å². The van der Waals surface area contributed by atoms with Crippen LogP contribution in [0, 0.1) is 5.92 Å². The molecule has 0 N–H and O–H groups in total. The summed E-state index contributed by atoms with van der Waals surface area (Å²) in [6.07, 6.45) is 13.3. The Kier molecular flexibility index (Phi) is 4.14. The minimum absolute atomic E-state index is 0.234. The van der Waals surface area contributed by atoms with Gasteiger partial charge in [-0.2, -0.15) is 0 Å². The molecule has 3 nitrogen and oxygen atoms in total. The number of hydrogen-bond acceptors (Lipinski definition) is 2. The van der Waals surface area contributed by atoms with Crippen molar-refractivity contribution in [3.8, 4) is 0 Å². The van der Waals surface area contributed by atoms with Gasteiger partial charge in [0.2, 0.25) is 5.91 Å². The van der Waals surface area contributed by atoms with Crippen molar-refractivity contribution in [1.82, 2.24) is 9.88 Å². The third kappa shape index (κ3) is 2.92. The predicted molar refractivity (Wildman–Crippen MR) is 79.3 cm³/mol. The highest BCUT2D eigenvalue weighted by Crippen LogP contribution is 2.29. The van der Waals surface area contributed by atoms with Crippen LogP contribution in [0.2, 0.25) is 0 Å². The van der Waals surface area contributed by atoms with E-state index < -0.39 is 0 Å². The van der Waals surface area contributed by atoms with Crippen molar-refractivity contribution < 1.29 is 4.79 Å². The van der Waals surface area contributed by atoms with E-state index in [0.717, 1.165) is 45.2 Å². The fraction of sp³-hybridized carbons (Fsp3) is 0.529. The Hall–Kier alpha value is -1.64. The first kappa shape index (κ1) is 13.3. The number of carbonyl (C=O) groups excluding carboxylic acids is 1. The number of piperidine rings is 1. The van der Waals surface area contributed by atoms with Gasteiger partial charge in [-0.1, -0.05) is 12.2 Å². The zero-order valence-electron chi connectivity index (χ0n) is 11.9. The van der Waals surface area contributed by atoms with Gasteiger partial charge in [0, 0.05) is 31.4 Å². The highest BCUT2D eigenvalue weighted by molar-refractivity contribution is 5.79. The molecule has 1 aromatic rings. The van der Waals surface area contributed by atoms with Gasteiger partial charge in [0.05, 0.1) is 0 Å². The number of allylic oxidation sites excluding steroid dienone is 2. The van der Waals surface area contributed by atoms with E-state index in [-0.39, 0.29) is 5.92 Å². The Balaban J connectivity index is 1.56. The van der Waals surface area contributed by atoms with Gasteiger partial charge in [-0.15, -0.1) is 0 Å². The van der Waals surface area contributed by atoms with E-state index in [9.17, 15) is 4.79 Å². The van der Waals surface area contributed by atoms with Gasteiger partial charge in [0.15, 0.2) is 0 Å². The van der Waals surface area contributed by atoms with Crippen LogP contribution >= 0.6 is 0 Å². The summed E-state index contributed by atoms with van der Waals surface area (Å²) in [7, 11) is 0. The van der Waals surface area contributed by atoms with Gasteiger partial charge in [-0.3, -0.25) is 9.78 Å². The molecule has 0 spiro atoms. The summed E-state index contributed by atoms with van der Waals surface area (Å²) < 4.78 is 0. The number of amides is 1. The van der Waals surface area contributed by atoms with Crippen LogP contribution in [0.25, 0.3) is 0 Å². The van der Waals surface area contributed by atoms with Crippen LogP contribution in [0.3, 0.4) is 0 Å². The van der Waals surface area contributed by atoms with Crippen molar-refractivity contribution in [2.24, 2.45) is 5.92 Å². The average molecular weight is 270 g/mol. The van der Waals surface area contributed by atoms with Crippen molar-refractivity contribution in [3.63, 3.8) is 0 Å². The summed E-state index contributed by atoms with van der Waals surface area (Å²) in [4.78, 5) is 18.6. The quantitative estimate of drug-likeness (QED) is 0.773. The summed E-state index contributed by atoms with van der Waals surface area (Å²) in [6, 6.07) is 4.21. The number of rotatable bonds is 2. The minimum atomic E-state index is 0.234. The van der Waals surface area contributed by atoms with Gasteiger partial charge in [-0.25, -0.2) is 0 Å². The summed E-state index contributed by atoms with van der Waals surface area (Å²) in [5.41, 5.74) is 1.37. The lowest BCUT2D eigenvalue weighted by Gasteiger charge is -2.34. The fourth-order valence-corrected chi connectivity index (χ4v) is 3.34. The molecule has 1 unspecified atom stereocenters. The second kappa shape index (κ2) is 6.21. The summed E-state index contributed by atoms with van der Waals surface area (Å²) in [6.45, 7) is 1.82. The molecule has 0 radical (unpaired) electrons. The normalized spacial score (nSPS) is 23.8. The molecule has 1 fully saturated rings. The topological polar surface area (TPSA) is 33.2 Å². The lowest BCUT2D eigenvalue weighted by molar-refractivity contribution is -0.136. The maximum atomic E-state index is 12.5. The first-order valence-corrected chi connectivity index (χ1v) is 7.68. The van der Waals surface area contributed by atoms with Crippen molar-refractivity contribution in [1.29, 1.82) is 0 Å². The van der Waals surface area contributed by atoms with Crippen LogP contribution < -0.4 is 0 Å². The molecule has 2 heterocycles. The number of nitrogens with zero attached hydrogens (tertiary/aromatic N) is 2. The third-order valence-electron chi connectivity index (χ3n) is 4.60. The van der Waals surface area contributed by atoms with E-state index in [4.69, 9.17) is 0 Å². The summed E-state index contributed by atoms with van der Waals surface area (Å²) in [5.74, 6) is 1.20. The van der Waals surface area contributed by atoms with Crippen molar-refractivity contribution >= 4 is 5.91 Å². The average Bonchev–Trinajstić information content (AvgIpc) is 2.56. The smallest absolute Gasteiger partial charge is 0.226 e. The molecule has 106 valence electrons. The van der Waals surface area contributed by atoms with Crippen molar-refractivity contribution in [2.75, 3.05) is 13.1 Å². The minimum Gasteiger partial charge on any atom is -0.342 e. The molecule has 0 aromatic carbocycles. The Morgan fingerprint density at radius 1 is 1.10 bits per heavy atom. The van der Waals surface area contributed by atoms with Gasteiger partial charge in [0.1, 0.15) is 0 Å². The zero-order valence-corrected chi connectivity index (χ0v) is 11.9. The molecule has 1 aromatic heterocycles. The number of likely N-dealkylation sites (tertiary alicyclic amines) is 1. The monoisotopic (exact) mass is 270 g/mol. The van der Waals surface area contributed by atoms with Crippen LogP contribution in [0.4, 0.5) is 0 Å². The Morgan fingerprint density at radius 3 is 2.50 bits per heavy atom. The molecule has 0 bridgehead atoms. The molecular weight excluding hydrogens is 248 g/mol. The van der Waals surface area contributed by atoms with Gasteiger partial charge >= 0.3 is 0 Å². The number of pyridine rings is 1. The van der Waals surface area contributed by atoms with Crippen LogP contribution in [0.5, 0.6) is 0 Å².